The van der Waals surface area contributed by atoms with Crippen LogP contribution in [-0.4, -0.2) is 73.6 Å². The van der Waals surface area contributed by atoms with Gasteiger partial charge in [-0.25, -0.2) is 14.4 Å². The predicted molar refractivity (Wildman–Crippen MR) is 165 cm³/mol. The number of aryl methyl sites for hydroxylation is 1. The molecule has 1 fully saturated rings. The first-order chi connectivity index (χ1) is 21.5. The third-order valence-corrected chi connectivity index (χ3v) is 8.91. The zero-order valence-electron chi connectivity index (χ0n) is 24.0. The molecule has 1 aromatic carbocycles. The summed E-state index contributed by atoms with van der Waals surface area (Å²) in [5, 5.41) is 11.7. The van der Waals surface area contributed by atoms with E-state index in [9.17, 15) is 23.9 Å². The number of pyridine rings is 1. The molecule has 3 aromatic heterocycles. The largest absolute Gasteiger partial charge is 0.505 e. The number of anilines is 2. The van der Waals surface area contributed by atoms with Gasteiger partial charge in [0.1, 0.15) is 39.6 Å². The van der Waals surface area contributed by atoms with Crippen molar-refractivity contribution in [2.24, 2.45) is 5.73 Å². The van der Waals surface area contributed by atoms with Gasteiger partial charge >= 0.3 is 0 Å². The van der Waals surface area contributed by atoms with Crippen molar-refractivity contribution in [3.63, 3.8) is 0 Å². The number of halogens is 4. The average molecular weight is 661 g/mol. The van der Waals surface area contributed by atoms with Crippen LogP contribution in [0.25, 0.3) is 22.2 Å². The molecule has 0 bridgehead atoms. The Morgan fingerprint density at radius 3 is 2.49 bits per heavy atom. The van der Waals surface area contributed by atoms with Crippen LogP contribution in [0.3, 0.4) is 0 Å². The Labute approximate surface area is 265 Å². The molecule has 4 N–H and O–H groups in total. The molecule has 0 radical (unpaired) electrons. The lowest BCUT2D eigenvalue weighted by molar-refractivity contribution is -0.116. The molecule has 2 aliphatic rings. The van der Waals surface area contributed by atoms with Gasteiger partial charge in [0, 0.05) is 62.5 Å². The van der Waals surface area contributed by atoms with Gasteiger partial charge in [0.25, 0.3) is 11.5 Å². The average Bonchev–Trinajstić information content (AvgIpc) is 3.63. The molecule has 0 unspecified atom stereocenters. The molecule has 236 valence electrons. The van der Waals surface area contributed by atoms with E-state index in [0.717, 1.165) is 25.7 Å². The summed E-state index contributed by atoms with van der Waals surface area (Å²) in [6, 6.07) is 2.50. The fraction of sp³-hybridized carbons (Fsp3) is 0.345. The van der Waals surface area contributed by atoms with Crippen LogP contribution in [-0.2, 0) is 24.3 Å². The molecule has 1 saturated heterocycles. The summed E-state index contributed by atoms with van der Waals surface area (Å²) in [5.74, 6) is -3.76. The number of nitrogens with two attached hydrogens (primary N) is 1. The zero-order valence-corrected chi connectivity index (χ0v) is 25.6. The highest BCUT2D eigenvalue weighted by molar-refractivity contribution is 6.34. The Bertz CT molecular complexity index is 1940. The number of aromatic nitrogens is 4. The molecule has 45 heavy (non-hydrogen) atoms. The molecule has 0 aliphatic carbocycles. The lowest BCUT2D eigenvalue weighted by Gasteiger charge is -2.35. The van der Waals surface area contributed by atoms with Gasteiger partial charge in [-0.2, -0.15) is 4.39 Å². The first-order valence-electron chi connectivity index (χ1n) is 14.2. The third kappa shape index (κ3) is 5.47. The van der Waals surface area contributed by atoms with Crippen molar-refractivity contribution in [3.8, 4) is 16.9 Å². The second kappa shape index (κ2) is 11.9. The number of amides is 2. The maximum atomic E-state index is 15.5. The molecule has 2 aliphatic heterocycles. The van der Waals surface area contributed by atoms with Crippen molar-refractivity contribution in [2.45, 2.75) is 32.9 Å². The van der Waals surface area contributed by atoms with Crippen molar-refractivity contribution in [3.05, 3.63) is 61.9 Å². The van der Waals surface area contributed by atoms with E-state index >= 15 is 4.39 Å². The molecular formula is C29H28Cl2F2N8O4. The topological polar surface area (TPSA) is 152 Å². The number of aromatic hydroxyl groups is 1. The molecular weight excluding hydrogens is 633 g/mol. The number of carbonyl (C=O) groups excluding carboxylic acids is 2. The SMILES string of the molecule is CCN1CCN(c2cc(NC(=O)Cn3cc(-c4cc(C(N)=O)c(O)c(Cl)c4F)c4c(=O)n5c(nc43)CCC5)c(Cl)c(F)n2)CC1. The zero-order chi connectivity index (χ0) is 32.2. The second-order valence-electron chi connectivity index (χ2n) is 10.9. The third-order valence-electron chi connectivity index (χ3n) is 8.21. The van der Waals surface area contributed by atoms with Crippen molar-refractivity contribution in [1.82, 2.24) is 24.0 Å². The van der Waals surface area contributed by atoms with Crippen LogP contribution in [0.1, 0.15) is 29.5 Å². The van der Waals surface area contributed by atoms with Gasteiger partial charge < -0.3 is 30.5 Å². The summed E-state index contributed by atoms with van der Waals surface area (Å²) in [6.45, 7) is 5.73. The summed E-state index contributed by atoms with van der Waals surface area (Å²) in [4.78, 5) is 51.7. The number of primary amides is 1. The molecule has 16 heteroatoms. The van der Waals surface area contributed by atoms with Gasteiger partial charge in [0.05, 0.1) is 16.6 Å². The smallest absolute Gasteiger partial charge is 0.263 e. The second-order valence-corrected chi connectivity index (χ2v) is 11.6. The number of hydrogen-bond acceptors (Lipinski definition) is 8. The normalized spacial score (nSPS) is 15.1. The summed E-state index contributed by atoms with van der Waals surface area (Å²) in [5.41, 5.74) is 4.24. The van der Waals surface area contributed by atoms with Gasteiger partial charge in [0.15, 0.2) is 5.82 Å². The Morgan fingerprint density at radius 1 is 1.07 bits per heavy atom. The summed E-state index contributed by atoms with van der Waals surface area (Å²) in [7, 11) is 0. The van der Waals surface area contributed by atoms with E-state index in [1.807, 2.05) is 4.90 Å². The van der Waals surface area contributed by atoms with E-state index in [1.165, 1.54) is 21.4 Å². The van der Waals surface area contributed by atoms with E-state index in [1.54, 1.807) is 0 Å². The van der Waals surface area contributed by atoms with Crippen LogP contribution in [0.15, 0.2) is 23.1 Å². The number of piperazine rings is 1. The highest BCUT2D eigenvalue weighted by Crippen LogP contribution is 2.39. The summed E-state index contributed by atoms with van der Waals surface area (Å²) >= 11 is 12.2. The number of likely N-dealkylation sites (N-methyl/N-ethyl adjacent to an activating group) is 1. The minimum Gasteiger partial charge on any atom is -0.505 e. The quantitative estimate of drug-likeness (QED) is 0.255. The molecule has 0 saturated carbocycles. The Kier molecular flexibility index (Phi) is 8.14. The number of phenols is 1. The highest BCUT2D eigenvalue weighted by Gasteiger charge is 2.28. The van der Waals surface area contributed by atoms with Crippen LogP contribution in [0.5, 0.6) is 5.75 Å². The number of hydrogen-bond donors (Lipinski definition) is 3. The fourth-order valence-corrected chi connectivity index (χ4v) is 6.18. The van der Waals surface area contributed by atoms with Crippen molar-refractivity contribution < 1.29 is 23.5 Å². The molecule has 5 heterocycles. The Morgan fingerprint density at radius 2 is 1.80 bits per heavy atom. The number of carbonyl (C=O) groups is 2. The van der Waals surface area contributed by atoms with E-state index in [0.29, 0.717) is 44.1 Å². The van der Waals surface area contributed by atoms with Crippen molar-refractivity contribution in [1.29, 1.82) is 0 Å². The van der Waals surface area contributed by atoms with Gasteiger partial charge in [-0.05, 0) is 19.0 Å². The van der Waals surface area contributed by atoms with Gasteiger partial charge in [0.2, 0.25) is 11.9 Å². The molecule has 0 atom stereocenters. The van der Waals surface area contributed by atoms with Crippen LogP contribution in [0, 0.1) is 11.8 Å². The summed E-state index contributed by atoms with van der Waals surface area (Å²) < 4.78 is 33.1. The minimum absolute atomic E-state index is 0.00940. The monoisotopic (exact) mass is 660 g/mol. The predicted octanol–water partition coefficient (Wildman–Crippen LogP) is 3.38. The Balaban J connectivity index is 1.39. The van der Waals surface area contributed by atoms with E-state index in [4.69, 9.17) is 28.9 Å². The van der Waals surface area contributed by atoms with Gasteiger partial charge in [-0.1, -0.05) is 30.1 Å². The highest BCUT2D eigenvalue weighted by atomic mass is 35.5. The van der Waals surface area contributed by atoms with Crippen molar-refractivity contribution in [2.75, 3.05) is 42.9 Å². The lowest BCUT2D eigenvalue weighted by Crippen LogP contribution is -2.46. The number of fused-ring (bicyclic) bond motifs is 2. The fourth-order valence-electron chi connectivity index (χ4n) is 5.83. The number of benzene rings is 1. The van der Waals surface area contributed by atoms with Crippen LogP contribution < -0.4 is 21.5 Å². The molecule has 12 nitrogen and oxygen atoms in total. The standard InChI is InChI=1S/C29H28Cl2F2N8O4/c1-2-38-6-8-39(9-7-38)19-11-17(22(30)26(33)36-19)35-20(42)13-40-12-16(14-10-15(27(34)44)25(43)23(31)24(14)32)21-28(40)37-18-4-3-5-41(18)29(21)45/h10-12,43H,2-9,13H2,1H3,(H2,34,44)(H,35,36,42). The molecule has 0 spiro atoms. The van der Waals surface area contributed by atoms with E-state index < -0.39 is 52.0 Å². The lowest BCUT2D eigenvalue weighted by atomic mass is 10.0. The minimum atomic E-state index is -1.10. The van der Waals surface area contributed by atoms with Gasteiger partial charge in [-0.3, -0.25) is 19.0 Å². The molecule has 2 amide bonds. The van der Waals surface area contributed by atoms with Crippen LogP contribution in [0.4, 0.5) is 20.3 Å². The van der Waals surface area contributed by atoms with Crippen LogP contribution >= 0.6 is 23.2 Å². The number of nitrogens with zero attached hydrogens (tertiary/aromatic N) is 6. The molecule has 6 rings (SSSR count). The van der Waals surface area contributed by atoms with E-state index in [2.05, 4.69) is 27.1 Å². The van der Waals surface area contributed by atoms with Crippen LogP contribution in [0.2, 0.25) is 10.0 Å². The maximum Gasteiger partial charge on any atom is 0.263 e. The van der Waals surface area contributed by atoms with Crippen molar-refractivity contribution >= 4 is 57.6 Å². The number of nitrogens with one attached hydrogen (secondary N) is 1. The van der Waals surface area contributed by atoms with E-state index in [-0.39, 0.29) is 32.9 Å². The Hall–Kier alpha value is -4.27. The first-order valence-corrected chi connectivity index (χ1v) is 15.0. The number of rotatable bonds is 7. The molecule has 4 aromatic rings. The summed E-state index contributed by atoms with van der Waals surface area (Å²) in [6.07, 6.45) is 2.51. The first kappa shape index (κ1) is 30.7. The maximum absolute atomic E-state index is 15.5. The van der Waals surface area contributed by atoms with Gasteiger partial charge in [-0.15, -0.1) is 0 Å².